The molecule has 0 fully saturated rings. The maximum absolute atomic E-state index is 11.3. The zero-order valence-electron chi connectivity index (χ0n) is 8.84. The molecule has 4 nitrogen and oxygen atoms in total. The molecule has 0 amide bonds. The minimum atomic E-state index is -2.00. The van der Waals surface area contributed by atoms with Gasteiger partial charge >= 0.3 is 0 Å². The summed E-state index contributed by atoms with van der Waals surface area (Å²) < 4.78 is 26.5. The Kier molecular flexibility index (Phi) is 7.88. The van der Waals surface area contributed by atoms with Crippen molar-refractivity contribution in [3.05, 3.63) is 0 Å². The molecule has 0 aliphatic rings. The Morgan fingerprint density at radius 2 is 1.93 bits per heavy atom. The first kappa shape index (κ1) is 14.4. The molecule has 0 N–H and O–H groups in total. The number of hydrogen-bond acceptors (Lipinski definition) is 4. The fourth-order valence-electron chi connectivity index (χ4n) is 0.841. The van der Waals surface area contributed by atoms with Crippen LogP contribution in [0.2, 0.25) is 0 Å². The first-order valence-electron chi connectivity index (χ1n) is 4.40. The third kappa shape index (κ3) is 5.99. The Bertz CT molecular complexity index is 173. The van der Waals surface area contributed by atoms with E-state index in [1.165, 1.54) is 0 Å². The average Bonchev–Trinajstić information content (AvgIpc) is 2.23. The summed E-state index contributed by atoms with van der Waals surface area (Å²) in [5.41, 5.74) is 0. The van der Waals surface area contributed by atoms with Crippen LogP contribution in [0.3, 0.4) is 0 Å². The van der Waals surface area contributed by atoms with Crippen molar-refractivity contribution in [2.45, 2.75) is 19.1 Å². The molecule has 0 bridgehead atoms. The van der Waals surface area contributed by atoms with E-state index >= 15 is 0 Å². The summed E-state index contributed by atoms with van der Waals surface area (Å²) in [5.74, 6) is -0.313. The van der Waals surface area contributed by atoms with E-state index in [0.29, 0.717) is 25.1 Å². The summed E-state index contributed by atoms with van der Waals surface area (Å²) in [6, 6.07) is 0. The van der Waals surface area contributed by atoms with Gasteiger partial charge in [-0.1, -0.05) is 0 Å². The van der Waals surface area contributed by atoms with E-state index in [2.05, 4.69) is 0 Å². The lowest BCUT2D eigenvalue weighted by molar-refractivity contribution is -0.193. The molecule has 0 aliphatic carbocycles. The van der Waals surface area contributed by atoms with Crippen LogP contribution in [-0.4, -0.2) is 38.7 Å². The number of hydrogen-bond donors (Lipinski definition) is 0. The van der Waals surface area contributed by atoms with Gasteiger partial charge in [-0.3, -0.25) is 4.57 Å². The number of rotatable bonds is 8. The second-order valence-electron chi connectivity index (χ2n) is 2.95. The van der Waals surface area contributed by atoms with Crippen molar-refractivity contribution in [3.63, 3.8) is 0 Å². The largest absolute Gasteiger partial charge is 0.353 e. The van der Waals surface area contributed by atoms with Gasteiger partial charge in [-0.2, -0.15) is 0 Å². The van der Waals surface area contributed by atoms with Gasteiger partial charge < -0.3 is 14.0 Å². The van der Waals surface area contributed by atoms with Crippen molar-refractivity contribution in [3.8, 4) is 0 Å². The lowest BCUT2D eigenvalue weighted by atomic mass is 10.2. The number of ether oxygens (including phenoxy) is 2. The van der Waals surface area contributed by atoms with Gasteiger partial charge in [0.15, 0.2) is 13.8 Å². The van der Waals surface area contributed by atoms with Gasteiger partial charge in [0.05, 0.1) is 6.61 Å². The summed E-state index contributed by atoms with van der Waals surface area (Å²) in [7, 11) is 1.11. The molecule has 6 heteroatoms. The van der Waals surface area contributed by atoms with Crippen molar-refractivity contribution in [1.29, 1.82) is 0 Å². The van der Waals surface area contributed by atoms with E-state index < -0.39 is 13.8 Å². The summed E-state index contributed by atoms with van der Waals surface area (Å²) in [6.07, 6.45) is 0.986. The zero-order valence-corrected chi connectivity index (χ0v) is 10.6. The van der Waals surface area contributed by atoms with Crippen LogP contribution < -0.4 is 0 Å². The van der Waals surface area contributed by atoms with E-state index in [-0.39, 0.29) is 0 Å². The molecule has 0 aromatic heterocycles. The Morgan fingerprint density at radius 3 is 2.36 bits per heavy atom. The maximum Gasteiger partial charge on any atom is 0.191 e. The average molecular weight is 245 g/mol. The predicted octanol–water partition coefficient (Wildman–Crippen LogP) is 2.12. The molecule has 0 radical (unpaired) electrons. The summed E-state index contributed by atoms with van der Waals surface area (Å²) in [5, 5.41) is 0. The molecule has 0 saturated carbocycles. The molecule has 1 atom stereocenters. The minimum absolute atomic E-state index is 0.329. The quantitative estimate of drug-likeness (QED) is 0.373. The first-order valence-corrected chi connectivity index (χ1v) is 6.45. The standard InChI is InChI=1S/C8H18ClO4P/c1-8(11-2,12-3)4-7-14(10)13-6-5-9/h14H,4-7H2,1-3H3. The summed E-state index contributed by atoms with van der Waals surface area (Å²) in [6.45, 7) is 2.12. The minimum Gasteiger partial charge on any atom is -0.353 e. The van der Waals surface area contributed by atoms with Gasteiger partial charge in [0, 0.05) is 32.7 Å². The van der Waals surface area contributed by atoms with Gasteiger partial charge in [-0.05, 0) is 6.92 Å². The molecule has 0 aliphatic heterocycles. The maximum atomic E-state index is 11.3. The van der Waals surface area contributed by atoms with Crippen molar-refractivity contribution in [2.24, 2.45) is 0 Å². The molecule has 0 rings (SSSR count). The predicted molar refractivity (Wildman–Crippen MR) is 57.6 cm³/mol. The molecule has 0 aromatic rings. The topological polar surface area (TPSA) is 44.8 Å². The normalized spacial score (nSPS) is 14.3. The first-order chi connectivity index (χ1) is 6.58. The molecule has 86 valence electrons. The van der Waals surface area contributed by atoms with Crippen LogP contribution in [0.1, 0.15) is 13.3 Å². The zero-order chi connectivity index (χ0) is 11.0. The van der Waals surface area contributed by atoms with Gasteiger partial charge in [0.25, 0.3) is 0 Å². The highest BCUT2D eigenvalue weighted by molar-refractivity contribution is 7.39. The fourth-order valence-corrected chi connectivity index (χ4v) is 2.18. The lowest BCUT2D eigenvalue weighted by Gasteiger charge is -2.25. The second kappa shape index (κ2) is 7.66. The van der Waals surface area contributed by atoms with Gasteiger partial charge in [0.2, 0.25) is 0 Å². The van der Waals surface area contributed by atoms with E-state index in [4.69, 9.17) is 25.6 Å². The molecule has 1 unspecified atom stereocenters. The summed E-state index contributed by atoms with van der Waals surface area (Å²) in [4.78, 5) is 0. The molecule has 0 spiro atoms. The third-order valence-corrected chi connectivity index (χ3v) is 3.33. The molecule has 0 saturated heterocycles. The van der Waals surface area contributed by atoms with E-state index in [0.717, 1.165) is 0 Å². The van der Waals surface area contributed by atoms with Crippen LogP contribution >= 0.6 is 19.6 Å². The Labute approximate surface area is 90.7 Å². The third-order valence-electron chi connectivity index (χ3n) is 1.99. The SMILES string of the molecule is COC(C)(CC[PH](=O)OCCCl)OC. The van der Waals surface area contributed by atoms with Crippen LogP contribution in [0.4, 0.5) is 0 Å². The van der Waals surface area contributed by atoms with E-state index in [1.807, 2.05) is 0 Å². The number of halogens is 1. The molecule has 0 heterocycles. The Balaban J connectivity index is 3.74. The van der Waals surface area contributed by atoms with Crippen LogP contribution in [0.5, 0.6) is 0 Å². The second-order valence-corrected chi connectivity index (χ2v) is 4.86. The van der Waals surface area contributed by atoms with Crippen LogP contribution in [0.25, 0.3) is 0 Å². The van der Waals surface area contributed by atoms with E-state index in [1.54, 1.807) is 21.1 Å². The highest BCUT2D eigenvalue weighted by Crippen LogP contribution is 2.27. The smallest absolute Gasteiger partial charge is 0.191 e. The number of alkyl halides is 1. The highest BCUT2D eigenvalue weighted by Gasteiger charge is 2.23. The summed E-state index contributed by atoms with van der Waals surface area (Å²) >= 11 is 5.39. The fraction of sp³-hybridized carbons (Fsp3) is 1.00. The Hall–Kier alpha value is 0.400. The molecular weight excluding hydrogens is 227 g/mol. The highest BCUT2D eigenvalue weighted by atomic mass is 35.5. The van der Waals surface area contributed by atoms with Crippen LogP contribution in [0.15, 0.2) is 0 Å². The van der Waals surface area contributed by atoms with Crippen molar-refractivity contribution >= 4 is 19.6 Å². The molecular formula is C8H18ClO4P. The van der Waals surface area contributed by atoms with E-state index in [9.17, 15) is 4.57 Å². The van der Waals surface area contributed by atoms with Crippen LogP contribution in [-0.2, 0) is 18.6 Å². The monoisotopic (exact) mass is 244 g/mol. The molecule has 14 heavy (non-hydrogen) atoms. The van der Waals surface area contributed by atoms with Gasteiger partial charge in [-0.25, -0.2) is 0 Å². The lowest BCUT2D eigenvalue weighted by Crippen LogP contribution is -2.30. The van der Waals surface area contributed by atoms with Gasteiger partial charge in [-0.15, -0.1) is 11.6 Å². The Morgan fingerprint density at radius 1 is 1.36 bits per heavy atom. The van der Waals surface area contributed by atoms with Crippen molar-refractivity contribution in [2.75, 3.05) is 32.9 Å². The van der Waals surface area contributed by atoms with Crippen molar-refractivity contribution < 1.29 is 18.6 Å². The number of methoxy groups -OCH3 is 2. The van der Waals surface area contributed by atoms with Gasteiger partial charge in [0.1, 0.15) is 0 Å². The van der Waals surface area contributed by atoms with Crippen molar-refractivity contribution in [1.82, 2.24) is 0 Å². The molecule has 0 aromatic carbocycles. The van der Waals surface area contributed by atoms with Crippen LogP contribution in [0, 0.1) is 0 Å².